The van der Waals surface area contributed by atoms with E-state index in [1.54, 1.807) is 11.0 Å². The molecule has 3 aliphatic rings. The van der Waals surface area contributed by atoms with Gasteiger partial charge >= 0.3 is 0 Å². The first-order chi connectivity index (χ1) is 15.8. The maximum atomic E-state index is 12.2. The van der Waals surface area contributed by atoms with Crippen molar-refractivity contribution < 1.29 is 14.3 Å². The van der Waals surface area contributed by atoms with E-state index in [-0.39, 0.29) is 11.9 Å². The highest BCUT2D eigenvalue weighted by molar-refractivity contribution is 5.98. The van der Waals surface area contributed by atoms with Crippen molar-refractivity contribution in [2.24, 2.45) is 10.7 Å². The van der Waals surface area contributed by atoms with E-state index < -0.39 is 5.91 Å². The number of hydrogen-bond acceptors (Lipinski definition) is 6. The average molecular weight is 458 g/mol. The van der Waals surface area contributed by atoms with E-state index in [1.165, 1.54) is 44.0 Å². The Morgan fingerprint density at radius 3 is 2.39 bits per heavy atom. The molecule has 2 fully saturated rings. The number of likely N-dealkylation sites (tertiary alicyclic amines) is 1. The Balaban J connectivity index is 0.000000211. The highest BCUT2D eigenvalue weighted by Crippen LogP contribution is 2.19. The summed E-state index contributed by atoms with van der Waals surface area (Å²) in [6, 6.07) is 3.11. The smallest absolute Gasteiger partial charge is 0.252 e. The minimum absolute atomic E-state index is 0.0463. The number of amidine groups is 1. The quantitative estimate of drug-likeness (QED) is 0.677. The molecular formula is C25H36FN5O2. The highest BCUT2D eigenvalue weighted by atomic mass is 19.1. The first-order valence-corrected chi connectivity index (χ1v) is 11.5. The summed E-state index contributed by atoms with van der Waals surface area (Å²) in [5, 5.41) is 8.73. The number of nitrogens with two attached hydrogens (primary N) is 1. The van der Waals surface area contributed by atoms with Gasteiger partial charge in [-0.05, 0) is 50.3 Å². The lowest BCUT2D eigenvalue weighted by Gasteiger charge is -2.26. The molecule has 4 rings (SSSR count). The van der Waals surface area contributed by atoms with Crippen LogP contribution in [0.3, 0.4) is 0 Å². The van der Waals surface area contributed by atoms with Gasteiger partial charge in [-0.15, -0.1) is 0 Å². The molecule has 7 nitrogen and oxygen atoms in total. The Morgan fingerprint density at radius 2 is 1.94 bits per heavy atom. The third kappa shape index (κ3) is 8.46. The largest absolute Gasteiger partial charge is 0.393 e. The molecule has 8 heteroatoms. The van der Waals surface area contributed by atoms with Gasteiger partial charge in [-0.2, -0.15) is 0 Å². The zero-order valence-corrected chi connectivity index (χ0v) is 19.7. The summed E-state index contributed by atoms with van der Waals surface area (Å²) >= 11 is 0. The van der Waals surface area contributed by atoms with Crippen LogP contribution in [0.1, 0.15) is 51.1 Å². The first kappa shape index (κ1) is 26.3. The summed E-state index contributed by atoms with van der Waals surface area (Å²) in [6.45, 7) is 7.64. The number of pyridine rings is 1. The van der Waals surface area contributed by atoms with E-state index in [0.717, 1.165) is 43.9 Å². The predicted molar refractivity (Wildman–Crippen MR) is 130 cm³/mol. The van der Waals surface area contributed by atoms with Gasteiger partial charge in [0.15, 0.2) is 0 Å². The van der Waals surface area contributed by atoms with Gasteiger partial charge in [0, 0.05) is 32.0 Å². The van der Waals surface area contributed by atoms with Crippen LogP contribution >= 0.6 is 0 Å². The predicted octanol–water partition coefficient (Wildman–Crippen LogP) is 3.53. The molecule has 1 aromatic rings. The molecule has 33 heavy (non-hydrogen) atoms. The molecule has 1 saturated heterocycles. The summed E-state index contributed by atoms with van der Waals surface area (Å²) in [6.07, 6.45) is 14.4. The Kier molecular flexibility index (Phi) is 10.8. The van der Waals surface area contributed by atoms with Gasteiger partial charge < -0.3 is 20.6 Å². The number of nitrogens with zero attached hydrogens (tertiary/aromatic N) is 4. The van der Waals surface area contributed by atoms with Gasteiger partial charge in [-0.1, -0.05) is 32.4 Å². The minimum atomic E-state index is -0.508. The van der Waals surface area contributed by atoms with E-state index in [1.807, 2.05) is 26.2 Å². The van der Waals surface area contributed by atoms with Crippen LogP contribution in [0, 0.1) is 5.82 Å². The summed E-state index contributed by atoms with van der Waals surface area (Å²) in [4.78, 5) is 23.7. The van der Waals surface area contributed by atoms with Crippen LogP contribution in [0.2, 0.25) is 0 Å². The van der Waals surface area contributed by atoms with Gasteiger partial charge in [0.25, 0.3) is 5.91 Å². The summed E-state index contributed by atoms with van der Waals surface area (Å²) in [7, 11) is 1.84. The number of hydrogen-bond donors (Lipinski definition) is 2. The standard InChI is InChI=1S/C13H18N4O.C7H8FN.C5H10O/c1-3-10(12(14)18)13-15-11(6-9-16(13)2)17-7-4-5-8-17;1-2-7-4-3-6(8)5-9-7;6-5-3-1-2-4-5/h3,6,9H,1,4-5,7-8H2,2H3,(H2,14,18);3-5H,2H2,1H3;5-6H,1-4H2/b13-10+;;. The molecule has 0 unspecified atom stereocenters. The number of aryl methyl sites for hydroxylation is 1. The first-order valence-electron chi connectivity index (χ1n) is 11.5. The van der Waals surface area contributed by atoms with Gasteiger partial charge in [0.2, 0.25) is 0 Å². The molecular weight excluding hydrogens is 421 g/mol. The van der Waals surface area contributed by atoms with Crippen molar-refractivity contribution in [2.75, 3.05) is 20.1 Å². The number of aliphatic hydroxyl groups is 1. The molecule has 2 aliphatic heterocycles. The van der Waals surface area contributed by atoms with Gasteiger partial charge in [-0.25, -0.2) is 9.38 Å². The second-order valence-corrected chi connectivity index (χ2v) is 8.16. The number of aliphatic imine (C=N–C) groups is 1. The van der Waals surface area contributed by atoms with Crippen molar-refractivity contribution >= 4 is 11.7 Å². The van der Waals surface area contributed by atoms with E-state index in [4.69, 9.17) is 10.8 Å². The van der Waals surface area contributed by atoms with Crippen molar-refractivity contribution in [3.8, 4) is 0 Å². The summed E-state index contributed by atoms with van der Waals surface area (Å²) < 4.78 is 12.2. The van der Waals surface area contributed by atoms with E-state index in [0.29, 0.717) is 11.4 Å². The van der Waals surface area contributed by atoms with Crippen molar-refractivity contribution in [3.63, 3.8) is 0 Å². The van der Waals surface area contributed by atoms with Crippen molar-refractivity contribution in [1.82, 2.24) is 14.8 Å². The SMILES string of the molecule is C=C/C(C(N)=O)=C1/N=C(N2CCCC2)C=CN1C.CCc1ccc(F)cn1.OC1CCCC1. The zero-order valence-electron chi connectivity index (χ0n) is 19.7. The summed E-state index contributed by atoms with van der Waals surface area (Å²) in [5.74, 6) is 0.668. The average Bonchev–Trinajstić information content (AvgIpc) is 3.51. The monoisotopic (exact) mass is 457 g/mol. The lowest BCUT2D eigenvalue weighted by Crippen LogP contribution is -2.31. The number of primary amides is 1. The molecule has 3 heterocycles. The number of aromatic nitrogens is 1. The van der Waals surface area contributed by atoms with Crippen molar-refractivity contribution in [2.45, 2.75) is 58.0 Å². The van der Waals surface area contributed by atoms with E-state index in [2.05, 4.69) is 21.5 Å². The van der Waals surface area contributed by atoms with Gasteiger partial charge in [0.1, 0.15) is 17.5 Å². The van der Waals surface area contributed by atoms with Crippen LogP contribution in [0.15, 0.2) is 59.6 Å². The Hall–Kier alpha value is -3.00. The maximum absolute atomic E-state index is 12.2. The fourth-order valence-electron chi connectivity index (χ4n) is 3.67. The molecule has 0 aromatic carbocycles. The minimum Gasteiger partial charge on any atom is -0.393 e. The highest BCUT2D eigenvalue weighted by Gasteiger charge is 2.20. The van der Waals surface area contributed by atoms with Crippen LogP contribution in [0.5, 0.6) is 0 Å². The lowest BCUT2D eigenvalue weighted by atomic mass is 10.2. The number of carbonyl (C=O) groups is 1. The third-order valence-corrected chi connectivity index (χ3v) is 5.62. The Morgan fingerprint density at radius 1 is 1.27 bits per heavy atom. The molecule has 0 atom stereocenters. The topological polar surface area (TPSA) is 95.1 Å². The van der Waals surface area contributed by atoms with Crippen LogP contribution in [-0.4, -0.2) is 57.9 Å². The Bertz CT molecular complexity index is 867. The molecule has 1 amide bonds. The molecule has 0 bridgehead atoms. The van der Waals surface area contributed by atoms with Crippen LogP contribution in [0.4, 0.5) is 4.39 Å². The van der Waals surface area contributed by atoms with Crippen molar-refractivity contribution in [1.29, 1.82) is 0 Å². The molecule has 1 aromatic heterocycles. The van der Waals surface area contributed by atoms with Gasteiger partial charge in [-0.3, -0.25) is 9.78 Å². The normalized spacial score (nSPS) is 19.2. The molecule has 1 saturated carbocycles. The molecule has 3 N–H and O–H groups in total. The fraction of sp³-hybridized carbons (Fsp3) is 0.480. The van der Waals surface area contributed by atoms with E-state index in [9.17, 15) is 9.18 Å². The zero-order chi connectivity index (χ0) is 24.2. The number of rotatable bonds is 3. The van der Waals surface area contributed by atoms with Crippen LogP contribution in [0.25, 0.3) is 0 Å². The van der Waals surface area contributed by atoms with Crippen LogP contribution < -0.4 is 5.73 Å². The molecule has 180 valence electrons. The summed E-state index contributed by atoms with van der Waals surface area (Å²) in [5.41, 5.74) is 6.61. The van der Waals surface area contributed by atoms with E-state index >= 15 is 0 Å². The fourth-order valence-corrected chi connectivity index (χ4v) is 3.67. The second kappa shape index (κ2) is 13.5. The van der Waals surface area contributed by atoms with Crippen LogP contribution in [-0.2, 0) is 11.2 Å². The van der Waals surface area contributed by atoms with Gasteiger partial charge in [0.05, 0.1) is 17.9 Å². The number of carbonyl (C=O) groups excluding carboxylic acids is 1. The third-order valence-electron chi connectivity index (χ3n) is 5.62. The number of aliphatic hydroxyl groups excluding tert-OH is 1. The molecule has 0 radical (unpaired) electrons. The second-order valence-electron chi connectivity index (χ2n) is 8.16. The maximum Gasteiger partial charge on any atom is 0.252 e. The Labute approximate surface area is 196 Å². The number of halogens is 1. The lowest BCUT2D eigenvalue weighted by molar-refractivity contribution is -0.114. The number of amides is 1. The molecule has 0 spiro atoms. The van der Waals surface area contributed by atoms with Crippen molar-refractivity contribution in [3.05, 3.63) is 66.2 Å². The molecule has 1 aliphatic carbocycles.